The zero-order valence-corrected chi connectivity index (χ0v) is 19.4. The van der Waals surface area contributed by atoms with Crippen LogP contribution < -0.4 is 4.74 Å². The number of rotatable bonds is 10. The van der Waals surface area contributed by atoms with Crippen LogP contribution in [0.4, 0.5) is 0 Å². The molecule has 6 heteroatoms. The maximum absolute atomic E-state index is 13.0. The molecule has 0 N–H and O–H groups in total. The molecule has 0 aromatic heterocycles. The van der Waals surface area contributed by atoms with Gasteiger partial charge in [0.15, 0.2) is 0 Å². The first-order valence-electron chi connectivity index (χ1n) is 10.3. The summed E-state index contributed by atoms with van der Waals surface area (Å²) >= 11 is 11.6. The molecule has 0 fully saturated rings. The summed E-state index contributed by atoms with van der Waals surface area (Å²) in [4.78, 5) is 13.0. The van der Waals surface area contributed by atoms with Crippen molar-refractivity contribution in [2.24, 2.45) is 17.8 Å². The third kappa shape index (κ3) is 8.28. The highest BCUT2D eigenvalue weighted by Crippen LogP contribution is 2.30. The van der Waals surface area contributed by atoms with Crippen molar-refractivity contribution in [3.05, 3.63) is 70.7 Å². The summed E-state index contributed by atoms with van der Waals surface area (Å²) in [6.07, 6.45) is 2.04. The molecule has 0 saturated carbocycles. The average Bonchev–Trinajstić information content (AvgIpc) is 2.72. The van der Waals surface area contributed by atoms with E-state index in [1.807, 2.05) is 37.3 Å². The number of allylic oxidation sites excluding steroid dienone is 1. The summed E-state index contributed by atoms with van der Waals surface area (Å²) in [5.41, 5.74) is 0.547. The molecule has 0 amide bonds. The Kier molecular flexibility index (Phi) is 9.91. The second kappa shape index (κ2) is 12.4. The zero-order valence-electron chi connectivity index (χ0n) is 17.9. The number of hydrogen-bond donors (Lipinski definition) is 0. The minimum Gasteiger partial charge on any atom is -0.457 e. The molecule has 0 radical (unpaired) electrons. The van der Waals surface area contributed by atoms with Gasteiger partial charge in [0.25, 0.3) is 0 Å². The van der Waals surface area contributed by atoms with E-state index in [9.17, 15) is 10.1 Å². The second-order valence-corrected chi connectivity index (χ2v) is 8.83. The Morgan fingerprint density at radius 2 is 1.71 bits per heavy atom. The molecule has 0 heterocycles. The SMILES string of the molecule is CC(C)CCC(C(=O)OC(C#N)c1cccc(Oc2ccccc2)c1)C(C)C=C(Cl)Cl. The third-order valence-electron chi connectivity index (χ3n) is 4.87. The maximum atomic E-state index is 13.0. The van der Waals surface area contributed by atoms with Gasteiger partial charge >= 0.3 is 5.97 Å². The Bertz CT molecular complexity index is 918. The van der Waals surface area contributed by atoms with Crippen LogP contribution in [0.3, 0.4) is 0 Å². The molecule has 4 nitrogen and oxygen atoms in total. The molecule has 3 unspecified atom stereocenters. The third-order valence-corrected chi connectivity index (χ3v) is 5.12. The highest BCUT2D eigenvalue weighted by atomic mass is 35.5. The molecule has 0 saturated heterocycles. The molecular formula is C25H27Cl2NO3. The van der Waals surface area contributed by atoms with E-state index in [4.69, 9.17) is 32.7 Å². The van der Waals surface area contributed by atoms with Gasteiger partial charge in [0.1, 0.15) is 22.1 Å². The van der Waals surface area contributed by atoms with Crippen molar-refractivity contribution in [3.63, 3.8) is 0 Å². The Morgan fingerprint density at radius 3 is 2.32 bits per heavy atom. The number of carbonyl (C=O) groups excluding carboxylic acids is 1. The lowest BCUT2D eigenvalue weighted by Crippen LogP contribution is -2.25. The molecule has 0 aliphatic heterocycles. The molecule has 2 rings (SSSR count). The zero-order chi connectivity index (χ0) is 22.8. The van der Waals surface area contributed by atoms with E-state index >= 15 is 0 Å². The summed E-state index contributed by atoms with van der Waals surface area (Å²) < 4.78 is 11.6. The van der Waals surface area contributed by atoms with Crippen LogP contribution in [-0.2, 0) is 9.53 Å². The van der Waals surface area contributed by atoms with Gasteiger partial charge in [-0.2, -0.15) is 5.26 Å². The van der Waals surface area contributed by atoms with Gasteiger partial charge in [-0.15, -0.1) is 0 Å². The van der Waals surface area contributed by atoms with Crippen molar-refractivity contribution in [2.75, 3.05) is 0 Å². The van der Waals surface area contributed by atoms with E-state index < -0.39 is 18.0 Å². The van der Waals surface area contributed by atoms with Gasteiger partial charge in [-0.1, -0.05) is 86.8 Å². The number of ether oxygens (including phenoxy) is 2. The number of para-hydroxylation sites is 1. The molecule has 3 atom stereocenters. The largest absolute Gasteiger partial charge is 0.457 e. The first kappa shape index (κ1) is 24.8. The van der Waals surface area contributed by atoms with Crippen LogP contribution in [0, 0.1) is 29.1 Å². The molecule has 2 aromatic rings. The minimum atomic E-state index is -1.05. The van der Waals surface area contributed by atoms with Gasteiger partial charge in [0.05, 0.1) is 5.92 Å². The number of halogens is 2. The lowest BCUT2D eigenvalue weighted by molar-refractivity contribution is -0.153. The van der Waals surface area contributed by atoms with Crippen LogP contribution in [-0.4, -0.2) is 5.97 Å². The summed E-state index contributed by atoms with van der Waals surface area (Å²) in [7, 11) is 0. The maximum Gasteiger partial charge on any atom is 0.311 e. The normalized spacial score (nSPS) is 13.6. The average molecular weight is 460 g/mol. The topological polar surface area (TPSA) is 59.3 Å². The Balaban J connectivity index is 2.17. The summed E-state index contributed by atoms with van der Waals surface area (Å²) in [5, 5.41) is 9.67. The van der Waals surface area contributed by atoms with E-state index in [2.05, 4.69) is 19.9 Å². The van der Waals surface area contributed by atoms with Crippen molar-refractivity contribution in [3.8, 4) is 17.6 Å². The lowest BCUT2D eigenvalue weighted by atomic mass is 9.87. The van der Waals surface area contributed by atoms with Crippen molar-refractivity contribution in [1.29, 1.82) is 5.26 Å². The van der Waals surface area contributed by atoms with Crippen LogP contribution in [0.5, 0.6) is 11.5 Å². The Hall–Kier alpha value is -2.48. The number of nitriles is 1. The van der Waals surface area contributed by atoms with E-state index in [1.54, 1.807) is 30.3 Å². The highest BCUT2D eigenvalue weighted by molar-refractivity contribution is 6.55. The number of benzene rings is 2. The van der Waals surface area contributed by atoms with Crippen molar-refractivity contribution < 1.29 is 14.3 Å². The van der Waals surface area contributed by atoms with Crippen molar-refractivity contribution >= 4 is 29.2 Å². The van der Waals surface area contributed by atoms with E-state index in [-0.39, 0.29) is 10.4 Å². The van der Waals surface area contributed by atoms with Crippen molar-refractivity contribution in [2.45, 2.75) is 39.7 Å². The highest BCUT2D eigenvalue weighted by Gasteiger charge is 2.28. The van der Waals surface area contributed by atoms with Crippen LogP contribution in [0.1, 0.15) is 45.3 Å². The van der Waals surface area contributed by atoms with Crippen LogP contribution in [0.2, 0.25) is 0 Å². The lowest BCUT2D eigenvalue weighted by Gasteiger charge is -2.23. The molecule has 2 aromatic carbocycles. The second-order valence-electron chi connectivity index (χ2n) is 7.83. The smallest absolute Gasteiger partial charge is 0.311 e. The Labute approximate surface area is 194 Å². The number of nitrogens with zero attached hydrogens (tertiary/aromatic N) is 1. The Morgan fingerprint density at radius 1 is 1.03 bits per heavy atom. The summed E-state index contributed by atoms with van der Waals surface area (Å²) in [6, 6.07) is 18.4. The van der Waals surface area contributed by atoms with Crippen LogP contribution in [0.25, 0.3) is 0 Å². The summed E-state index contributed by atoms with van der Waals surface area (Å²) in [6.45, 7) is 6.05. The molecule has 164 valence electrons. The van der Waals surface area contributed by atoms with E-state index in [1.165, 1.54) is 0 Å². The monoisotopic (exact) mass is 459 g/mol. The summed E-state index contributed by atoms with van der Waals surface area (Å²) in [5.74, 6) is 0.549. The first-order chi connectivity index (χ1) is 14.8. The fourth-order valence-electron chi connectivity index (χ4n) is 3.16. The molecule has 0 aliphatic rings. The number of esters is 1. The van der Waals surface area contributed by atoms with Gasteiger partial charge < -0.3 is 9.47 Å². The molecule has 0 spiro atoms. The fourth-order valence-corrected chi connectivity index (χ4v) is 3.56. The van der Waals surface area contributed by atoms with Gasteiger partial charge in [-0.3, -0.25) is 4.79 Å². The molecule has 0 aliphatic carbocycles. The van der Waals surface area contributed by atoms with Crippen LogP contribution in [0.15, 0.2) is 65.2 Å². The quantitative estimate of drug-likeness (QED) is 0.343. The number of carbonyl (C=O) groups is 1. The van der Waals surface area contributed by atoms with Gasteiger partial charge in [-0.05, 0) is 42.5 Å². The first-order valence-corrected chi connectivity index (χ1v) is 11.0. The van der Waals surface area contributed by atoms with Gasteiger partial charge in [-0.25, -0.2) is 0 Å². The fraction of sp³-hybridized carbons (Fsp3) is 0.360. The van der Waals surface area contributed by atoms with Crippen LogP contribution >= 0.6 is 23.2 Å². The van der Waals surface area contributed by atoms with Crippen molar-refractivity contribution in [1.82, 2.24) is 0 Å². The number of hydrogen-bond acceptors (Lipinski definition) is 4. The standard InChI is InChI=1S/C25H27Cl2NO3/c1-17(2)12-13-22(18(3)14-24(26)27)25(29)31-23(16-28)19-8-7-11-21(15-19)30-20-9-5-4-6-10-20/h4-11,14-15,17-18,22-23H,12-13H2,1-3H3. The molecule has 31 heavy (non-hydrogen) atoms. The van der Waals surface area contributed by atoms with E-state index in [0.29, 0.717) is 29.4 Å². The minimum absolute atomic E-state index is 0.109. The molecular weight excluding hydrogens is 433 g/mol. The van der Waals surface area contributed by atoms with E-state index in [0.717, 1.165) is 6.42 Å². The van der Waals surface area contributed by atoms with Gasteiger partial charge in [0.2, 0.25) is 6.10 Å². The van der Waals surface area contributed by atoms with Gasteiger partial charge in [0, 0.05) is 5.56 Å². The predicted molar refractivity (Wildman–Crippen MR) is 124 cm³/mol. The molecule has 0 bridgehead atoms. The predicted octanol–water partition coefficient (Wildman–Crippen LogP) is 7.59.